The monoisotopic (exact) mass is 562 g/mol. The van der Waals surface area contributed by atoms with Gasteiger partial charge in [-0.2, -0.15) is 0 Å². The summed E-state index contributed by atoms with van der Waals surface area (Å²) in [5.41, 5.74) is 12.1. The van der Waals surface area contributed by atoms with Crippen LogP contribution in [0.4, 0.5) is 10.5 Å². The number of aryl methyl sites for hydroxylation is 2. The van der Waals surface area contributed by atoms with Crippen LogP contribution in [0.25, 0.3) is 10.9 Å². The lowest BCUT2D eigenvalue weighted by Crippen LogP contribution is -2.42. The number of nitrogens with zero attached hydrogens (tertiary/aromatic N) is 2. The minimum absolute atomic E-state index is 0.119. The molecule has 222 valence electrons. The Labute approximate surface area is 244 Å². The summed E-state index contributed by atoms with van der Waals surface area (Å²) in [7, 11) is 1.75. The third-order valence-corrected chi connectivity index (χ3v) is 7.85. The first-order valence-corrected chi connectivity index (χ1v) is 14.9. The van der Waals surface area contributed by atoms with Gasteiger partial charge in [0.05, 0.1) is 6.61 Å². The quantitative estimate of drug-likeness (QED) is 0.270. The predicted octanol–water partition coefficient (Wildman–Crippen LogP) is 5.86. The molecule has 0 radical (unpaired) electrons. The molecule has 2 aromatic carbocycles. The van der Waals surface area contributed by atoms with E-state index in [0.29, 0.717) is 31.1 Å². The number of methoxy groups -OCH3 is 1. The molecule has 1 unspecified atom stereocenters. The first kappa shape index (κ1) is 30.6. The van der Waals surface area contributed by atoms with Gasteiger partial charge in [0.15, 0.2) is 0 Å². The minimum Gasteiger partial charge on any atom is -0.449 e. The Morgan fingerprint density at radius 2 is 1.88 bits per heavy atom. The Kier molecular flexibility index (Phi) is 10.8. The highest BCUT2D eigenvalue weighted by Gasteiger charge is 2.29. The van der Waals surface area contributed by atoms with Crippen molar-refractivity contribution < 1.29 is 19.1 Å². The molecule has 2 amide bonds. The number of hydrogen-bond donors (Lipinski definition) is 2. The van der Waals surface area contributed by atoms with E-state index in [-0.39, 0.29) is 17.9 Å². The van der Waals surface area contributed by atoms with Crippen molar-refractivity contribution in [3.8, 4) is 0 Å². The molecule has 1 aromatic heterocycles. The van der Waals surface area contributed by atoms with Crippen LogP contribution in [-0.2, 0) is 27.2 Å². The van der Waals surface area contributed by atoms with Crippen molar-refractivity contribution in [3.63, 3.8) is 0 Å². The van der Waals surface area contributed by atoms with Gasteiger partial charge >= 0.3 is 6.09 Å². The van der Waals surface area contributed by atoms with Gasteiger partial charge in [-0.1, -0.05) is 44.2 Å². The van der Waals surface area contributed by atoms with Gasteiger partial charge in [-0.3, -0.25) is 10.1 Å². The lowest BCUT2D eigenvalue weighted by atomic mass is 9.91. The Balaban J connectivity index is 1.35. The molecule has 3 N–H and O–H groups in total. The fraction of sp³-hybridized carbons (Fsp3) is 0.515. The number of nitrogens with one attached hydrogen (secondary N) is 1. The minimum atomic E-state index is -0.459. The summed E-state index contributed by atoms with van der Waals surface area (Å²) in [5.74, 6) is 0.698. The third kappa shape index (κ3) is 8.11. The molecular formula is C33H46N4O4. The summed E-state index contributed by atoms with van der Waals surface area (Å²) in [6.45, 7) is 9.71. The molecule has 8 nitrogen and oxygen atoms in total. The molecule has 2 atom stereocenters. The van der Waals surface area contributed by atoms with Gasteiger partial charge in [-0.25, -0.2) is 4.79 Å². The Hall–Kier alpha value is -3.36. The van der Waals surface area contributed by atoms with Crippen LogP contribution in [0.3, 0.4) is 0 Å². The smallest absolute Gasteiger partial charge is 0.411 e. The lowest BCUT2D eigenvalue weighted by molar-refractivity contribution is -0.132. The molecule has 1 aliphatic rings. The molecule has 41 heavy (non-hydrogen) atoms. The van der Waals surface area contributed by atoms with Crippen molar-refractivity contribution in [2.24, 2.45) is 11.7 Å². The molecular weight excluding hydrogens is 516 g/mol. The van der Waals surface area contributed by atoms with Crippen molar-refractivity contribution >= 4 is 28.6 Å². The number of aromatic nitrogens is 1. The van der Waals surface area contributed by atoms with E-state index >= 15 is 0 Å². The number of nitrogens with two attached hydrogens (primary N) is 1. The largest absolute Gasteiger partial charge is 0.449 e. The maximum absolute atomic E-state index is 13.4. The summed E-state index contributed by atoms with van der Waals surface area (Å²) in [6.07, 6.45) is 3.45. The van der Waals surface area contributed by atoms with Crippen molar-refractivity contribution in [1.29, 1.82) is 0 Å². The highest BCUT2D eigenvalue weighted by molar-refractivity contribution is 5.86. The molecule has 1 saturated heterocycles. The molecule has 0 aliphatic carbocycles. The highest BCUT2D eigenvalue weighted by Crippen LogP contribution is 2.36. The number of carbonyl (C=O) groups excluding carboxylic acids is 2. The average molecular weight is 563 g/mol. The van der Waals surface area contributed by atoms with Gasteiger partial charge in [-0.05, 0) is 67.9 Å². The maximum Gasteiger partial charge on any atom is 0.411 e. The zero-order valence-corrected chi connectivity index (χ0v) is 25.0. The van der Waals surface area contributed by atoms with E-state index in [1.54, 1.807) is 7.11 Å². The zero-order valence-electron chi connectivity index (χ0n) is 25.0. The molecule has 0 saturated carbocycles. The maximum atomic E-state index is 13.4. The van der Waals surface area contributed by atoms with Crippen LogP contribution < -0.4 is 11.1 Å². The fourth-order valence-corrected chi connectivity index (χ4v) is 5.91. The van der Waals surface area contributed by atoms with Gasteiger partial charge in [-0.15, -0.1) is 0 Å². The Bertz CT molecular complexity index is 1300. The second kappa shape index (κ2) is 14.5. The van der Waals surface area contributed by atoms with Crippen LogP contribution in [0.1, 0.15) is 62.3 Å². The number of rotatable bonds is 12. The number of ether oxygens (including phenoxy) is 2. The molecule has 1 aliphatic heterocycles. The van der Waals surface area contributed by atoms with Crippen LogP contribution in [0.15, 0.2) is 48.5 Å². The van der Waals surface area contributed by atoms with E-state index < -0.39 is 6.09 Å². The molecule has 0 spiro atoms. The summed E-state index contributed by atoms with van der Waals surface area (Å²) < 4.78 is 13.0. The predicted molar refractivity (Wildman–Crippen MR) is 164 cm³/mol. The normalized spacial score (nSPS) is 16.2. The van der Waals surface area contributed by atoms with Gasteiger partial charge in [0, 0.05) is 74.0 Å². The first-order chi connectivity index (χ1) is 19.8. The molecule has 8 heteroatoms. The van der Waals surface area contributed by atoms with Crippen molar-refractivity contribution in [2.75, 3.05) is 38.7 Å². The van der Waals surface area contributed by atoms with Gasteiger partial charge in [0.25, 0.3) is 0 Å². The number of likely N-dealkylation sites (tertiary alicyclic amines) is 1. The molecule has 4 rings (SSSR count). The van der Waals surface area contributed by atoms with Crippen molar-refractivity contribution in [2.45, 2.75) is 71.4 Å². The fourth-order valence-electron chi connectivity index (χ4n) is 5.91. The van der Waals surface area contributed by atoms with E-state index in [2.05, 4.69) is 41.1 Å². The Morgan fingerprint density at radius 3 is 2.61 bits per heavy atom. The summed E-state index contributed by atoms with van der Waals surface area (Å²) in [5, 5.41) is 4.03. The number of anilines is 1. The van der Waals surface area contributed by atoms with Crippen LogP contribution in [-0.4, -0.2) is 60.9 Å². The van der Waals surface area contributed by atoms with E-state index in [1.807, 2.05) is 43.0 Å². The van der Waals surface area contributed by atoms with E-state index in [0.717, 1.165) is 51.1 Å². The van der Waals surface area contributed by atoms with Gasteiger partial charge in [0.1, 0.15) is 0 Å². The first-order valence-electron chi connectivity index (χ1n) is 14.9. The number of carbonyl (C=O) groups is 2. The van der Waals surface area contributed by atoms with E-state index in [1.165, 1.54) is 22.2 Å². The lowest BCUT2D eigenvalue weighted by Gasteiger charge is -2.34. The summed E-state index contributed by atoms with van der Waals surface area (Å²) in [6, 6.07) is 15.9. The standard InChI is InChI=1S/C33H46N4O4/c1-23(2)22-41-33(39)35-28-14-12-25(13-15-28)19-27(34)20-31(38)36-16-7-9-26(21-36)32-24(3)29-10-5-6-11-30(29)37(32)17-8-18-40-4/h5-6,10-15,23,26-27H,7-9,16-22,34H2,1-4H3,(H,35,39)/t26?,27-/m1/s1. The number of amides is 2. The van der Waals surface area contributed by atoms with Crippen LogP contribution in [0, 0.1) is 12.8 Å². The topological polar surface area (TPSA) is 98.8 Å². The average Bonchev–Trinajstić information content (AvgIpc) is 3.24. The van der Waals surface area contributed by atoms with Crippen molar-refractivity contribution in [1.82, 2.24) is 9.47 Å². The number of piperidine rings is 1. The molecule has 1 fully saturated rings. The third-order valence-electron chi connectivity index (χ3n) is 7.85. The number of fused-ring (bicyclic) bond motifs is 1. The molecule has 3 aromatic rings. The number of hydrogen-bond acceptors (Lipinski definition) is 5. The number of benzene rings is 2. The molecule has 0 bridgehead atoms. The van der Waals surface area contributed by atoms with Crippen LogP contribution in [0.5, 0.6) is 0 Å². The number of para-hydroxylation sites is 1. The van der Waals surface area contributed by atoms with E-state index in [9.17, 15) is 9.59 Å². The van der Waals surface area contributed by atoms with Crippen LogP contribution in [0.2, 0.25) is 0 Å². The molecule has 2 heterocycles. The van der Waals surface area contributed by atoms with Gasteiger partial charge < -0.3 is 24.7 Å². The second-order valence-electron chi connectivity index (χ2n) is 11.7. The van der Waals surface area contributed by atoms with Crippen molar-refractivity contribution in [3.05, 3.63) is 65.4 Å². The van der Waals surface area contributed by atoms with E-state index in [4.69, 9.17) is 15.2 Å². The van der Waals surface area contributed by atoms with Gasteiger partial charge in [0.2, 0.25) is 5.91 Å². The Morgan fingerprint density at radius 1 is 1.12 bits per heavy atom. The zero-order chi connectivity index (χ0) is 29.4. The summed E-state index contributed by atoms with van der Waals surface area (Å²) >= 11 is 0. The highest BCUT2D eigenvalue weighted by atomic mass is 16.5. The van der Waals surface area contributed by atoms with Crippen LogP contribution >= 0.6 is 0 Å². The second-order valence-corrected chi connectivity index (χ2v) is 11.7. The summed E-state index contributed by atoms with van der Waals surface area (Å²) in [4.78, 5) is 27.3. The SMILES string of the molecule is COCCCn1c(C2CCCN(C(=O)C[C@H](N)Cc3ccc(NC(=O)OCC(C)C)cc3)C2)c(C)c2ccccc21.